The predicted octanol–water partition coefficient (Wildman–Crippen LogP) is 2.78. The van der Waals surface area contributed by atoms with Gasteiger partial charge in [-0.05, 0) is 44.5 Å². The zero-order valence-corrected chi connectivity index (χ0v) is 19.7. The first kappa shape index (κ1) is 21.5. The van der Waals surface area contributed by atoms with Crippen LogP contribution in [-0.2, 0) is 16.1 Å². The van der Waals surface area contributed by atoms with Gasteiger partial charge in [0.05, 0.1) is 34.6 Å². The van der Waals surface area contributed by atoms with Gasteiger partial charge in [0.15, 0.2) is 4.80 Å². The summed E-state index contributed by atoms with van der Waals surface area (Å²) in [7, 11) is 0. The molecule has 1 atom stereocenters. The van der Waals surface area contributed by atoms with Gasteiger partial charge in [-0.15, -0.1) is 0 Å². The number of halogens is 1. The molecule has 0 saturated heterocycles. The number of carbonyl (C=O) groups is 1. The Balaban J connectivity index is 1.93. The number of nitrogens with zero attached hydrogens (tertiary/aromatic N) is 4. The molecule has 0 fully saturated rings. The average molecular weight is 501 g/mol. The number of ether oxygens (including phenoxy) is 1. The Labute approximate surface area is 191 Å². The van der Waals surface area contributed by atoms with Crippen LogP contribution in [0.15, 0.2) is 62.2 Å². The third-order valence-electron chi connectivity index (χ3n) is 4.98. The molecule has 0 bridgehead atoms. The Morgan fingerprint density at radius 1 is 1.29 bits per heavy atom. The van der Waals surface area contributed by atoms with Crippen molar-refractivity contribution in [2.24, 2.45) is 4.99 Å². The SMILES string of the molecule is CCOC(=O)C1=C(C)N=c2s/c(=C/c3cnn(CC)c3)c(=O)n2[C@@H]1c1ccc(Br)cc1. The molecule has 0 unspecified atom stereocenters. The van der Waals surface area contributed by atoms with Crippen LogP contribution >= 0.6 is 27.3 Å². The van der Waals surface area contributed by atoms with E-state index >= 15 is 0 Å². The van der Waals surface area contributed by atoms with E-state index in [1.165, 1.54) is 11.3 Å². The summed E-state index contributed by atoms with van der Waals surface area (Å²) in [6, 6.07) is 6.97. The van der Waals surface area contributed by atoms with Crippen LogP contribution in [0.3, 0.4) is 0 Å². The van der Waals surface area contributed by atoms with Crippen molar-refractivity contribution in [3.05, 3.63) is 83.2 Å². The zero-order chi connectivity index (χ0) is 22.1. The molecule has 160 valence electrons. The third-order valence-corrected chi connectivity index (χ3v) is 6.49. The number of esters is 1. The number of hydrogen-bond acceptors (Lipinski definition) is 6. The molecule has 1 aliphatic heterocycles. The molecule has 31 heavy (non-hydrogen) atoms. The highest BCUT2D eigenvalue weighted by Gasteiger charge is 2.33. The van der Waals surface area contributed by atoms with E-state index in [0.29, 0.717) is 20.6 Å². The maximum absolute atomic E-state index is 13.4. The van der Waals surface area contributed by atoms with Crippen LogP contribution in [0.5, 0.6) is 0 Å². The zero-order valence-electron chi connectivity index (χ0n) is 17.3. The molecule has 0 N–H and O–H groups in total. The monoisotopic (exact) mass is 500 g/mol. The fourth-order valence-electron chi connectivity index (χ4n) is 3.53. The molecule has 1 aromatic carbocycles. The summed E-state index contributed by atoms with van der Waals surface area (Å²) in [5, 5.41) is 4.26. The van der Waals surface area contributed by atoms with E-state index in [1.807, 2.05) is 43.5 Å². The molecule has 3 aromatic rings. The van der Waals surface area contributed by atoms with Crippen molar-refractivity contribution in [3.63, 3.8) is 0 Å². The summed E-state index contributed by atoms with van der Waals surface area (Å²) in [6.07, 6.45) is 5.42. The van der Waals surface area contributed by atoms with Crippen molar-refractivity contribution in [1.29, 1.82) is 0 Å². The second kappa shape index (κ2) is 8.76. The van der Waals surface area contributed by atoms with Gasteiger partial charge < -0.3 is 4.74 Å². The normalized spacial score (nSPS) is 16.3. The van der Waals surface area contributed by atoms with Gasteiger partial charge in [0.1, 0.15) is 0 Å². The molecule has 3 heterocycles. The second-order valence-electron chi connectivity index (χ2n) is 6.98. The first-order valence-corrected chi connectivity index (χ1v) is 11.5. The van der Waals surface area contributed by atoms with E-state index in [2.05, 4.69) is 26.0 Å². The van der Waals surface area contributed by atoms with Crippen LogP contribution in [-0.4, -0.2) is 26.9 Å². The third kappa shape index (κ3) is 4.07. The van der Waals surface area contributed by atoms with Gasteiger partial charge in [-0.25, -0.2) is 9.79 Å². The van der Waals surface area contributed by atoms with Gasteiger partial charge in [0.25, 0.3) is 5.56 Å². The maximum atomic E-state index is 13.4. The number of aryl methyl sites for hydroxylation is 1. The van der Waals surface area contributed by atoms with Crippen LogP contribution in [0.25, 0.3) is 6.08 Å². The highest BCUT2D eigenvalue weighted by atomic mass is 79.9. The Morgan fingerprint density at radius 2 is 2.03 bits per heavy atom. The van der Waals surface area contributed by atoms with Crippen LogP contribution in [0.2, 0.25) is 0 Å². The van der Waals surface area contributed by atoms with Crippen molar-refractivity contribution in [2.75, 3.05) is 6.61 Å². The van der Waals surface area contributed by atoms with Crippen LogP contribution in [0, 0.1) is 0 Å². The fraction of sp³-hybridized carbons (Fsp3) is 0.273. The van der Waals surface area contributed by atoms with E-state index in [0.717, 1.165) is 22.1 Å². The lowest BCUT2D eigenvalue weighted by atomic mass is 9.96. The van der Waals surface area contributed by atoms with Crippen molar-refractivity contribution in [2.45, 2.75) is 33.4 Å². The van der Waals surface area contributed by atoms with Crippen molar-refractivity contribution in [3.8, 4) is 0 Å². The summed E-state index contributed by atoms with van der Waals surface area (Å²) in [5.41, 5.74) is 2.38. The van der Waals surface area contributed by atoms with Crippen molar-refractivity contribution < 1.29 is 9.53 Å². The molecule has 2 aromatic heterocycles. The Kier molecular flexibility index (Phi) is 6.06. The van der Waals surface area contributed by atoms with Crippen LogP contribution < -0.4 is 14.9 Å². The van der Waals surface area contributed by atoms with Gasteiger partial charge in [-0.2, -0.15) is 5.10 Å². The van der Waals surface area contributed by atoms with E-state index in [1.54, 1.807) is 29.3 Å². The van der Waals surface area contributed by atoms with E-state index < -0.39 is 12.0 Å². The highest BCUT2D eigenvalue weighted by molar-refractivity contribution is 9.10. The summed E-state index contributed by atoms with van der Waals surface area (Å²) >= 11 is 4.75. The van der Waals surface area contributed by atoms with Crippen LogP contribution in [0.1, 0.15) is 37.9 Å². The van der Waals surface area contributed by atoms with E-state index in [9.17, 15) is 9.59 Å². The Bertz CT molecular complexity index is 1350. The number of hydrogen-bond donors (Lipinski definition) is 0. The first-order valence-electron chi connectivity index (χ1n) is 9.90. The molecule has 0 spiro atoms. The number of aromatic nitrogens is 3. The molecule has 9 heteroatoms. The van der Waals surface area contributed by atoms with Gasteiger partial charge >= 0.3 is 5.97 Å². The standard InChI is InChI=1S/C22H21BrN4O3S/c1-4-26-12-14(11-24-26)10-17-20(28)27-19(15-6-8-16(23)9-7-15)18(21(29)30-5-2)13(3)25-22(27)31-17/h6-12,19H,4-5H2,1-3H3/b17-10+/t19-/m1/s1. The minimum absolute atomic E-state index is 0.199. The summed E-state index contributed by atoms with van der Waals surface area (Å²) < 4.78 is 10.1. The smallest absolute Gasteiger partial charge is 0.338 e. The first-order chi connectivity index (χ1) is 14.9. The number of fused-ring (bicyclic) bond motifs is 1. The lowest BCUT2D eigenvalue weighted by Crippen LogP contribution is -2.39. The molecule has 1 aliphatic rings. The second-order valence-corrected chi connectivity index (χ2v) is 8.91. The predicted molar refractivity (Wildman–Crippen MR) is 122 cm³/mol. The fourth-order valence-corrected chi connectivity index (χ4v) is 4.84. The number of carbonyl (C=O) groups excluding carboxylic acids is 1. The minimum Gasteiger partial charge on any atom is -0.463 e. The van der Waals surface area contributed by atoms with Gasteiger partial charge in [-0.3, -0.25) is 14.0 Å². The quantitative estimate of drug-likeness (QED) is 0.504. The lowest BCUT2D eigenvalue weighted by molar-refractivity contribution is -0.139. The van der Waals surface area contributed by atoms with Crippen molar-refractivity contribution >= 4 is 39.3 Å². The topological polar surface area (TPSA) is 78.5 Å². The Morgan fingerprint density at radius 3 is 2.68 bits per heavy atom. The molecule has 4 rings (SSSR count). The van der Waals surface area contributed by atoms with Gasteiger partial charge in [-0.1, -0.05) is 39.4 Å². The van der Waals surface area contributed by atoms with E-state index in [-0.39, 0.29) is 12.2 Å². The number of benzene rings is 1. The molecule has 7 nitrogen and oxygen atoms in total. The van der Waals surface area contributed by atoms with Gasteiger partial charge in [0, 0.05) is 22.8 Å². The molecule has 0 saturated carbocycles. The number of allylic oxidation sites excluding steroid dienone is 1. The average Bonchev–Trinajstić information content (AvgIpc) is 3.32. The number of thiazole rings is 1. The number of rotatable bonds is 5. The molecule has 0 amide bonds. The van der Waals surface area contributed by atoms with Crippen LogP contribution in [0.4, 0.5) is 0 Å². The maximum Gasteiger partial charge on any atom is 0.338 e. The summed E-state index contributed by atoms with van der Waals surface area (Å²) in [4.78, 5) is 31.4. The molecular formula is C22H21BrN4O3S. The van der Waals surface area contributed by atoms with E-state index in [4.69, 9.17) is 4.74 Å². The molecular weight excluding hydrogens is 480 g/mol. The molecule has 0 aliphatic carbocycles. The van der Waals surface area contributed by atoms with Gasteiger partial charge in [0.2, 0.25) is 0 Å². The summed E-state index contributed by atoms with van der Waals surface area (Å²) in [5.74, 6) is -0.463. The minimum atomic E-state index is -0.607. The Hall–Kier alpha value is -2.78. The largest absolute Gasteiger partial charge is 0.463 e. The highest BCUT2D eigenvalue weighted by Crippen LogP contribution is 2.31. The molecule has 0 radical (unpaired) electrons. The summed E-state index contributed by atoms with van der Waals surface area (Å²) in [6.45, 7) is 6.53. The lowest BCUT2D eigenvalue weighted by Gasteiger charge is -2.24. The van der Waals surface area contributed by atoms with Crippen molar-refractivity contribution in [1.82, 2.24) is 14.3 Å².